The molecule has 1 aliphatic heterocycles. The maximum absolute atomic E-state index is 13.8. The summed E-state index contributed by atoms with van der Waals surface area (Å²) in [6.07, 6.45) is 0. The van der Waals surface area contributed by atoms with Gasteiger partial charge in [-0.3, -0.25) is 14.4 Å². The van der Waals surface area contributed by atoms with Crippen LogP contribution in [-0.4, -0.2) is 17.6 Å². The van der Waals surface area contributed by atoms with Gasteiger partial charge in [0.15, 0.2) is 5.78 Å². The molecule has 2 aliphatic rings. The number of anilines is 1. The minimum Gasteiger partial charge on any atom is -0.297 e. The van der Waals surface area contributed by atoms with E-state index in [9.17, 15) is 14.4 Å². The molecular formula is C24H17NO3. The van der Waals surface area contributed by atoms with Crippen molar-refractivity contribution in [2.75, 3.05) is 4.90 Å². The molecule has 0 N–H and O–H groups in total. The number of benzene rings is 3. The number of carbonyl (C=O) groups excluding carboxylic acids is 3. The monoisotopic (exact) mass is 367 g/mol. The number of rotatable bonds is 3. The minimum absolute atomic E-state index is 0.297. The molecule has 2 amide bonds. The number of ketones is 1. The molecule has 136 valence electrons. The van der Waals surface area contributed by atoms with Gasteiger partial charge < -0.3 is 0 Å². The average molecular weight is 367 g/mol. The standard InChI is InChI=1S/C24H17NO3/c26-21-19-20(16-10-4-1-5-11-16)24(21,17-12-6-2-7-13-17)23(28)25(22(19)27)18-14-8-3-9-15-18/h1-15,19-20H. The molecule has 1 heterocycles. The zero-order valence-corrected chi connectivity index (χ0v) is 15.0. The Kier molecular flexibility index (Phi) is 3.56. The number of hydrogen-bond donors (Lipinski definition) is 0. The topological polar surface area (TPSA) is 54.5 Å². The molecular weight excluding hydrogens is 350 g/mol. The number of carbonyl (C=O) groups is 3. The van der Waals surface area contributed by atoms with Gasteiger partial charge >= 0.3 is 0 Å². The van der Waals surface area contributed by atoms with E-state index in [-0.39, 0.29) is 5.78 Å². The first-order chi connectivity index (χ1) is 13.7. The number of para-hydroxylation sites is 1. The van der Waals surface area contributed by atoms with Gasteiger partial charge in [0.05, 0.1) is 5.69 Å². The van der Waals surface area contributed by atoms with E-state index in [0.29, 0.717) is 11.3 Å². The smallest absolute Gasteiger partial charge is 0.252 e. The van der Waals surface area contributed by atoms with Crippen molar-refractivity contribution in [2.24, 2.45) is 5.92 Å². The Hall–Kier alpha value is -3.53. The molecule has 0 aromatic heterocycles. The lowest BCUT2D eigenvalue weighted by Crippen LogP contribution is -2.76. The number of nitrogens with zero attached hydrogens (tertiary/aromatic N) is 1. The lowest BCUT2D eigenvalue weighted by atomic mass is 9.45. The van der Waals surface area contributed by atoms with Gasteiger partial charge in [-0.25, -0.2) is 4.90 Å². The maximum atomic E-state index is 13.8. The van der Waals surface area contributed by atoms with Crippen molar-refractivity contribution in [2.45, 2.75) is 11.3 Å². The minimum atomic E-state index is -1.36. The lowest BCUT2D eigenvalue weighted by molar-refractivity contribution is -0.161. The molecule has 3 atom stereocenters. The number of amides is 2. The van der Waals surface area contributed by atoms with Crippen molar-refractivity contribution < 1.29 is 14.4 Å². The molecule has 0 radical (unpaired) electrons. The van der Waals surface area contributed by atoms with E-state index >= 15 is 0 Å². The van der Waals surface area contributed by atoms with E-state index in [1.807, 2.05) is 54.6 Å². The van der Waals surface area contributed by atoms with E-state index in [1.54, 1.807) is 36.4 Å². The third-order valence-electron chi connectivity index (χ3n) is 5.90. The Morgan fingerprint density at radius 2 is 1.21 bits per heavy atom. The van der Waals surface area contributed by atoms with Crippen LogP contribution < -0.4 is 4.90 Å². The van der Waals surface area contributed by atoms with Gasteiger partial charge in [0, 0.05) is 5.92 Å². The van der Waals surface area contributed by atoms with E-state index in [1.165, 1.54) is 4.90 Å². The van der Waals surface area contributed by atoms with Crippen LogP contribution in [-0.2, 0) is 19.8 Å². The first-order valence-electron chi connectivity index (χ1n) is 9.25. The van der Waals surface area contributed by atoms with E-state index in [0.717, 1.165) is 5.56 Å². The predicted octanol–water partition coefficient (Wildman–Crippen LogP) is 3.48. The molecule has 28 heavy (non-hydrogen) atoms. The van der Waals surface area contributed by atoms with Crippen LogP contribution in [0.2, 0.25) is 0 Å². The summed E-state index contributed by atoms with van der Waals surface area (Å²) in [6, 6.07) is 27.4. The zero-order chi connectivity index (χ0) is 19.3. The summed E-state index contributed by atoms with van der Waals surface area (Å²) in [6.45, 7) is 0. The van der Waals surface area contributed by atoms with Gasteiger partial charge in [-0.15, -0.1) is 0 Å². The summed E-state index contributed by atoms with van der Waals surface area (Å²) in [5, 5.41) is 0. The molecule has 1 saturated heterocycles. The molecule has 0 spiro atoms. The number of imide groups is 1. The molecule has 2 fully saturated rings. The van der Waals surface area contributed by atoms with Crippen molar-refractivity contribution >= 4 is 23.3 Å². The Balaban J connectivity index is 1.74. The first-order valence-corrected chi connectivity index (χ1v) is 9.25. The summed E-state index contributed by atoms with van der Waals surface area (Å²) in [7, 11) is 0. The normalized spacial score (nSPS) is 26.1. The van der Waals surface area contributed by atoms with Crippen molar-refractivity contribution in [3.63, 3.8) is 0 Å². The Morgan fingerprint density at radius 3 is 1.82 bits per heavy atom. The van der Waals surface area contributed by atoms with Crippen LogP contribution in [0.25, 0.3) is 0 Å². The zero-order valence-electron chi connectivity index (χ0n) is 15.0. The van der Waals surface area contributed by atoms with Crippen molar-refractivity contribution in [1.29, 1.82) is 0 Å². The summed E-state index contributed by atoms with van der Waals surface area (Å²) >= 11 is 0. The molecule has 1 saturated carbocycles. The van der Waals surface area contributed by atoms with E-state index < -0.39 is 29.1 Å². The highest BCUT2D eigenvalue weighted by atomic mass is 16.2. The van der Waals surface area contributed by atoms with Gasteiger partial charge in [-0.05, 0) is 23.3 Å². The van der Waals surface area contributed by atoms with Crippen LogP contribution >= 0.6 is 0 Å². The number of Topliss-reactive ketones (excluding diaryl/α,β-unsaturated/α-hetero) is 1. The van der Waals surface area contributed by atoms with Crippen LogP contribution in [0, 0.1) is 5.92 Å². The van der Waals surface area contributed by atoms with Gasteiger partial charge in [-0.1, -0.05) is 78.9 Å². The first kappa shape index (κ1) is 16.6. The van der Waals surface area contributed by atoms with Crippen molar-refractivity contribution in [3.05, 3.63) is 102 Å². The van der Waals surface area contributed by atoms with Crippen molar-refractivity contribution in [1.82, 2.24) is 0 Å². The van der Waals surface area contributed by atoms with Crippen molar-refractivity contribution in [3.8, 4) is 0 Å². The highest BCUT2D eigenvalue weighted by molar-refractivity contribution is 6.40. The quantitative estimate of drug-likeness (QED) is 0.526. The van der Waals surface area contributed by atoms with Gasteiger partial charge in [-0.2, -0.15) is 0 Å². The highest BCUT2D eigenvalue weighted by Gasteiger charge is 2.75. The third-order valence-corrected chi connectivity index (χ3v) is 5.90. The molecule has 2 bridgehead atoms. The molecule has 3 aromatic rings. The second-order valence-corrected chi connectivity index (χ2v) is 7.22. The Labute approximate surface area is 162 Å². The van der Waals surface area contributed by atoms with Crippen LogP contribution in [0.15, 0.2) is 91.0 Å². The number of fused-ring (bicyclic) bond motifs is 2. The summed E-state index contributed by atoms with van der Waals surface area (Å²) < 4.78 is 0. The van der Waals surface area contributed by atoms with Crippen LogP contribution in [0.5, 0.6) is 0 Å². The summed E-state index contributed by atoms with van der Waals surface area (Å²) in [5.74, 6) is -2.53. The summed E-state index contributed by atoms with van der Waals surface area (Å²) in [5.41, 5.74) is 0.618. The molecule has 3 unspecified atom stereocenters. The fraction of sp³-hybridized carbons (Fsp3) is 0.125. The third kappa shape index (κ3) is 1.97. The van der Waals surface area contributed by atoms with Crippen LogP contribution in [0.3, 0.4) is 0 Å². The fourth-order valence-electron chi connectivity index (χ4n) is 4.68. The number of hydrogen-bond acceptors (Lipinski definition) is 3. The van der Waals surface area contributed by atoms with E-state index in [2.05, 4.69) is 0 Å². The van der Waals surface area contributed by atoms with Crippen LogP contribution in [0.4, 0.5) is 5.69 Å². The second kappa shape index (κ2) is 5.99. The number of piperidine rings is 2. The Bertz CT molecular complexity index is 1070. The Morgan fingerprint density at radius 1 is 0.679 bits per heavy atom. The second-order valence-electron chi connectivity index (χ2n) is 7.22. The molecule has 3 aromatic carbocycles. The lowest BCUT2D eigenvalue weighted by Gasteiger charge is -2.57. The van der Waals surface area contributed by atoms with Gasteiger partial charge in [0.1, 0.15) is 11.3 Å². The largest absolute Gasteiger partial charge is 0.297 e. The summed E-state index contributed by atoms with van der Waals surface area (Å²) in [4.78, 5) is 41.5. The predicted molar refractivity (Wildman–Crippen MR) is 105 cm³/mol. The highest BCUT2D eigenvalue weighted by Crippen LogP contribution is 2.60. The average Bonchev–Trinajstić information content (AvgIpc) is 2.74. The van der Waals surface area contributed by atoms with Gasteiger partial charge in [0.2, 0.25) is 5.91 Å². The maximum Gasteiger partial charge on any atom is 0.252 e. The fourth-order valence-corrected chi connectivity index (χ4v) is 4.68. The van der Waals surface area contributed by atoms with E-state index in [4.69, 9.17) is 0 Å². The molecule has 5 rings (SSSR count). The molecule has 4 heteroatoms. The SMILES string of the molecule is O=C1C2C(=O)C(c3ccccc3)(C(=O)N1c1ccccc1)C2c1ccccc1. The molecule has 1 aliphatic carbocycles. The van der Waals surface area contributed by atoms with Crippen LogP contribution in [0.1, 0.15) is 17.0 Å². The molecule has 4 nitrogen and oxygen atoms in total. The van der Waals surface area contributed by atoms with Gasteiger partial charge in [0.25, 0.3) is 5.91 Å².